The lowest BCUT2D eigenvalue weighted by Gasteiger charge is -2.25. The molecule has 0 bridgehead atoms. The van der Waals surface area contributed by atoms with Gasteiger partial charge in [-0.2, -0.15) is 5.26 Å². The molecular weight excluding hydrogens is 336 g/mol. The number of hydrogen-bond donors (Lipinski definition) is 1. The van der Waals surface area contributed by atoms with Gasteiger partial charge in [0.25, 0.3) is 11.6 Å². The second-order valence-corrected chi connectivity index (χ2v) is 6.16. The Morgan fingerprint density at radius 2 is 2.04 bits per heavy atom. The molecule has 0 radical (unpaired) electrons. The molecule has 0 unspecified atom stereocenters. The molecule has 0 atom stereocenters. The first-order valence-electron chi connectivity index (χ1n) is 8.38. The topological polar surface area (TPSA) is 112 Å². The number of nitrogens with zero attached hydrogens (tertiary/aromatic N) is 3. The van der Waals surface area contributed by atoms with Crippen LogP contribution in [0.2, 0.25) is 0 Å². The quantitative estimate of drug-likeness (QED) is 0.651. The molecule has 3 rings (SSSR count). The Balaban J connectivity index is 1.68. The third kappa shape index (κ3) is 4.07. The van der Waals surface area contributed by atoms with Crippen LogP contribution in [-0.4, -0.2) is 28.8 Å². The van der Waals surface area contributed by atoms with Crippen molar-refractivity contribution in [2.45, 2.75) is 25.8 Å². The summed E-state index contributed by atoms with van der Waals surface area (Å²) in [5.41, 5.74) is 0.0195. The second-order valence-electron chi connectivity index (χ2n) is 6.16. The summed E-state index contributed by atoms with van der Waals surface area (Å²) in [5, 5.41) is 22.5. The van der Waals surface area contributed by atoms with Gasteiger partial charge in [0, 0.05) is 12.1 Å². The van der Waals surface area contributed by atoms with Gasteiger partial charge < -0.3 is 9.73 Å². The maximum Gasteiger partial charge on any atom is 0.291 e. The van der Waals surface area contributed by atoms with Crippen LogP contribution >= 0.6 is 0 Å². The summed E-state index contributed by atoms with van der Waals surface area (Å²) in [6, 6.07) is 8.91. The van der Waals surface area contributed by atoms with Crippen molar-refractivity contribution in [3.8, 4) is 6.07 Å². The van der Waals surface area contributed by atoms with Crippen LogP contribution in [0.15, 0.2) is 34.7 Å². The first-order chi connectivity index (χ1) is 12.6. The van der Waals surface area contributed by atoms with Gasteiger partial charge in [0.05, 0.1) is 22.7 Å². The van der Waals surface area contributed by atoms with Crippen LogP contribution < -0.4 is 5.32 Å². The molecule has 8 nitrogen and oxygen atoms in total. The molecule has 1 saturated heterocycles. The zero-order chi connectivity index (χ0) is 18.5. The number of hydrogen-bond acceptors (Lipinski definition) is 6. The van der Waals surface area contributed by atoms with Gasteiger partial charge in [-0.3, -0.25) is 19.8 Å². The SMILES string of the molecule is N#Cc1cc([N+](=O)[O-])ccc1NC(=O)c1ccc(CN2CCCCC2)o1. The average Bonchev–Trinajstić information content (AvgIpc) is 3.11. The Labute approximate surface area is 150 Å². The molecule has 0 saturated carbocycles. The van der Waals surface area contributed by atoms with E-state index in [4.69, 9.17) is 9.68 Å². The van der Waals surface area contributed by atoms with E-state index >= 15 is 0 Å². The molecule has 2 aromatic rings. The highest BCUT2D eigenvalue weighted by atomic mass is 16.6. The Morgan fingerprint density at radius 3 is 2.73 bits per heavy atom. The minimum atomic E-state index is -0.591. The van der Waals surface area contributed by atoms with Crippen LogP contribution in [0.3, 0.4) is 0 Å². The molecule has 0 aliphatic carbocycles. The fraction of sp³-hybridized carbons (Fsp3) is 0.333. The van der Waals surface area contributed by atoms with Crippen LogP contribution in [0.25, 0.3) is 0 Å². The molecule has 1 aliphatic heterocycles. The molecule has 26 heavy (non-hydrogen) atoms. The maximum atomic E-state index is 12.3. The number of piperidine rings is 1. The van der Waals surface area contributed by atoms with Crippen LogP contribution in [0.5, 0.6) is 0 Å². The summed E-state index contributed by atoms with van der Waals surface area (Å²) in [6.07, 6.45) is 3.59. The molecule has 8 heteroatoms. The summed E-state index contributed by atoms with van der Waals surface area (Å²) in [7, 11) is 0. The smallest absolute Gasteiger partial charge is 0.291 e. The predicted octanol–water partition coefficient (Wildman–Crippen LogP) is 3.30. The summed E-state index contributed by atoms with van der Waals surface area (Å²) in [4.78, 5) is 24.8. The van der Waals surface area contributed by atoms with E-state index in [1.807, 2.05) is 6.07 Å². The lowest BCUT2D eigenvalue weighted by Crippen LogP contribution is -2.28. The van der Waals surface area contributed by atoms with Crippen molar-refractivity contribution in [2.24, 2.45) is 0 Å². The maximum absolute atomic E-state index is 12.3. The first kappa shape index (κ1) is 17.6. The number of nitriles is 1. The fourth-order valence-corrected chi connectivity index (χ4v) is 2.95. The van der Waals surface area contributed by atoms with Gasteiger partial charge in [-0.1, -0.05) is 6.42 Å². The Morgan fingerprint density at radius 1 is 1.27 bits per heavy atom. The van der Waals surface area contributed by atoms with E-state index in [2.05, 4.69) is 10.2 Å². The lowest BCUT2D eigenvalue weighted by atomic mass is 10.1. The van der Waals surface area contributed by atoms with Gasteiger partial charge in [-0.05, 0) is 44.1 Å². The van der Waals surface area contributed by atoms with E-state index in [0.717, 1.165) is 19.2 Å². The van der Waals surface area contributed by atoms with Crippen molar-refractivity contribution >= 4 is 17.3 Å². The van der Waals surface area contributed by atoms with E-state index in [0.29, 0.717) is 12.3 Å². The molecule has 0 spiro atoms. The number of anilines is 1. The Bertz CT molecular complexity index is 862. The summed E-state index contributed by atoms with van der Waals surface area (Å²) in [5.74, 6) is 0.348. The van der Waals surface area contributed by atoms with Gasteiger partial charge >= 0.3 is 0 Å². The number of carbonyl (C=O) groups excluding carboxylic acids is 1. The van der Waals surface area contributed by atoms with Gasteiger partial charge in [-0.25, -0.2) is 0 Å². The minimum Gasteiger partial charge on any atom is -0.455 e. The second kappa shape index (κ2) is 7.80. The molecule has 1 aromatic carbocycles. The van der Waals surface area contributed by atoms with E-state index in [1.165, 1.54) is 31.4 Å². The Hall–Kier alpha value is -3.18. The molecule has 2 heterocycles. The van der Waals surface area contributed by atoms with Crippen LogP contribution in [-0.2, 0) is 6.54 Å². The summed E-state index contributed by atoms with van der Waals surface area (Å²) in [6.45, 7) is 2.71. The fourth-order valence-electron chi connectivity index (χ4n) is 2.95. The van der Waals surface area contributed by atoms with Crippen molar-refractivity contribution < 1.29 is 14.1 Å². The summed E-state index contributed by atoms with van der Waals surface area (Å²) >= 11 is 0. The number of nitro benzene ring substituents is 1. The summed E-state index contributed by atoms with van der Waals surface area (Å²) < 4.78 is 5.61. The third-order valence-corrected chi connectivity index (χ3v) is 4.30. The number of nitrogens with one attached hydrogen (secondary N) is 1. The van der Waals surface area contributed by atoms with Gasteiger partial charge in [0.2, 0.25) is 0 Å². The van der Waals surface area contributed by atoms with E-state index in [-0.39, 0.29) is 22.7 Å². The van der Waals surface area contributed by atoms with Gasteiger partial charge in [-0.15, -0.1) is 0 Å². The largest absolute Gasteiger partial charge is 0.455 e. The first-order valence-corrected chi connectivity index (χ1v) is 8.38. The van der Waals surface area contributed by atoms with Crippen LogP contribution in [0.4, 0.5) is 11.4 Å². The number of furan rings is 1. The normalized spacial score (nSPS) is 14.6. The van der Waals surface area contributed by atoms with Crippen molar-refractivity contribution in [1.82, 2.24) is 4.90 Å². The molecule has 134 valence electrons. The highest BCUT2D eigenvalue weighted by Gasteiger charge is 2.17. The van der Waals surface area contributed by atoms with Crippen molar-refractivity contribution in [1.29, 1.82) is 5.26 Å². The molecule has 1 amide bonds. The number of non-ortho nitro benzene ring substituents is 1. The van der Waals surface area contributed by atoms with Crippen molar-refractivity contribution in [3.05, 3.63) is 57.5 Å². The molecular formula is C18H18N4O4. The average molecular weight is 354 g/mol. The molecule has 1 aliphatic rings. The monoisotopic (exact) mass is 354 g/mol. The van der Waals surface area contributed by atoms with E-state index in [1.54, 1.807) is 12.1 Å². The zero-order valence-corrected chi connectivity index (χ0v) is 14.1. The highest BCUT2D eigenvalue weighted by Crippen LogP contribution is 2.22. The molecule has 1 aromatic heterocycles. The third-order valence-electron chi connectivity index (χ3n) is 4.30. The Kier molecular flexibility index (Phi) is 5.29. The number of carbonyl (C=O) groups is 1. The van der Waals surface area contributed by atoms with Crippen molar-refractivity contribution in [3.63, 3.8) is 0 Å². The van der Waals surface area contributed by atoms with Crippen LogP contribution in [0, 0.1) is 21.4 Å². The number of nitro groups is 1. The highest BCUT2D eigenvalue weighted by molar-refractivity contribution is 6.03. The van der Waals surface area contributed by atoms with Crippen LogP contribution in [0.1, 0.15) is 41.1 Å². The molecule has 1 N–H and O–H groups in total. The number of benzene rings is 1. The number of rotatable bonds is 5. The minimum absolute atomic E-state index is 0.0210. The number of amides is 1. The molecule has 1 fully saturated rings. The van der Waals surface area contributed by atoms with E-state index in [9.17, 15) is 14.9 Å². The van der Waals surface area contributed by atoms with Gasteiger partial charge in [0.15, 0.2) is 5.76 Å². The number of likely N-dealkylation sites (tertiary alicyclic amines) is 1. The standard InChI is InChI=1S/C18H18N4O4/c19-11-13-10-14(22(24)25)4-6-16(13)20-18(23)17-7-5-15(26-17)12-21-8-2-1-3-9-21/h4-7,10H,1-3,8-9,12H2,(H,20,23). The van der Waals surface area contributed by atoms with Crippen molar-refractivity contribution in [2.75, 3.05) is 18.4 Å². The van der Waals surface area contributed by atoms with E-state index < -0.39 is 10.8 Å². The van der Waals surface area contributed by atoms with Gasteiger partial charge in [0.1, 0.15) is 11.8 Å². The predicted molar refractivity (Wildman–Crippen MR) is 93.6 cm³/mol. The zero-order valence-electron chi connectivity index (χ0n) is 14.1. The lowest BCUT2D eigenvalue weighted by molar-refractivity contribution is -0.384.